The zero-order chi connectivity index (χ0) is 14.4. The van der Waals surface area contributed by atoms with Crippen molar-refractivity contribution >= 4 is 15.9 Å². The number of nitrogens with zero attached hydrogens (tertiary/aromatic N) is 1. The lowest BCUT2D eigenvalue weighted by atomic mass is 10.1. The van der Waals surface area contributed by atoms with Crippen molar-refractivity contribution in [3.05, 3.63) is 12.2 Å². The first kappa shape index (κ1) is 20.6. The average Bonchev–Trinajstić information content (AvgIpc) is 2.14. The van der Waals surface area contributed by atoms with E-state index < -0.39 is 10.1 Å². The van der Waals surface area contributed by atoms with E-state index in [0.717, 1.165) is 13.0 Å². The number of rotatable bonds is 9. The van der Waals surface area contributed by atoms with E-state index in [9.17, 15) is 13.2 Å². The van der Waals surface area contributed by atoms with Gasteiger partial charge in [0.15, 0.2) is 5.78 Å². The maximum absolute atomic E-state index is 11.4. The van der Waals surface area contributed by atoms with Gasteiger partial charge in [-0.2, -0.15) is 8.42 Å². The van der Waals surface area contributed by atoms with Crippen LogP contribution < -0.4 is 0 Å². The highest BCUT2D eigenvalue weighted by atomic mass is 32.2. The van der Waals surface area contributed by atoms with Gasteiger partial charge in [-0.05, 0) is 12.5 Å². The Hall–Kier alpha value is -0.760. The SMILES string of the molecule is C=C(C)C(=O)CCC[N+](C)(C)CCCS(=O)(=O)O.[OH-]. The van der Waals surface area contributed by atoms with Crippen LogP contribution in [0, 0.1) is 0 Å². The van der Waals surface area contributed by atoms with Crippen LogP contribution in [0.1, 0.15) is 26.2 Å². The lowest BCUT2D eigenvalue weighted by molar-refractivity contribution is -0.890. The number of quaternary nitrogens is 1. The van der Waals surface area contributed by atoms with Crippen LogP contribution in [0.4, 0.5) is 0 Å². The van der Waals surface area contributed by atoms with Crippen molar-refractivity contribution in [1.29, 1.82) is 0 Å². The van der Waals surface area contributed by atoms with Gasteiger partial charge in [0.25, 0.3) is 10.1 Å². The number of Topliss-reactive ketones (excluding diaryl/α,β-unsaturated/α-hetero) is 1. The van der Waals surface area contributed by atoms with Crippen LogP contribution in [-0.2, 0) is 14.9 Å². The van der Waals surface area contributed by atoms with Gasteiger partial charge < -0.3 is 9.96 Å². The largest absolute Gasteiger partial charge is 0.870 e. The van der Waals surface area contributed by atoms with Gasteiger partial charge in [-0.25, -0.2) is 0 Å². The van der Waals surface area contributed by atoms with Crippen molar-refractivity contribution in [3.63, 3.8) is 0 Å². The minimum Gasteiger partial charge on any atom is -0.870 e. The summed E-state index contributed by atoms with van der Waals surface area (Å²) < 4.78 is 30.5. The Morgan fingerprint density at radius 2 is 1.68 bits per heavy atom. The molecule has 2 N–H and O–H groups in total. The Morgan fingerprint density at radius 1 is 1.21 bits per heavy atom. The molecule has 0 rings (SSSR count). The van der Waals surface area contributed by atoms with Crippen LogP contribution in [0.5, 0.6) is 0 Å². The molecule has 0 aliphatic rings. The number of hydrogen-bond acceptors (Lipinski definition) is 4. The molecule has 0 amide bonds. The first-order valence-corrected chi connectivity index (χ1v) is 7.60. The maximum Gasteiger partial charge on any atom is 0.265 e. The van der Waals surface area contributed by atoms with Crippen molar-refractivity contribution in [2.75, 3.05) is 32.9 Å². The molecule has 0 saturated heterocycles. The van der Waals surface area contributed by atoms with Crippen molar-refractivity contribution < 1.29 is 27.7 Å². The molecule has 0 heterocycles. The highest BCUT2D eigenvalue weighted by Crippen LogP contribution is 2.06. The predicted molar refractivity (Wildman–Crippen MR) is 73.9 cm³/mol. The van der Waals surface area contributed by atoms with Crippen LogP contribution >= 0.6 is 0 Å². The van der Waals surface area contributed by atoms with Crippen molar-refractivity contribution in [1.82, 2.24) is 0 Å². The number of ketones is 1. The van der Waals surface area contributed by atoms with Gasteiger partial charge in [0.1, 0.15) is 0 Å². The highest BCUT2D eigenvalue weighted by molar-refractivity contribution is 7.85. The summed E-state index contributed by atoms with van der Waals surface area (Å²) in [4.78, 5) is 11.4. The van der Waals surface area contributed by atoms with E-state index in [1.165, 1.54) is 0 Å². The third kappa shape index (κ3) is 12.0. The molecule has 114 valence electrons. The van der Waals surface area contributed by atoms with E-state index >= 15 is 0 Å². The first-order valence-electron chi connectivity index (χ1n) is 5.99. The zero-order valence-corrected chi connectivity index (χ0v) is 12.7. The van der Waals surface area contributed by atoms with Gasteiger partial charge in [0.05, 0.1) is 32.9 Å². The van der Waals surface area contributed by atoms with Gasteiger partial charge in [-0.15, -0.1) is 0 Å². The summed E-state index contributed by atoms with van der Waals surface area (Å²) in [5, 5.41) is 0. The third-order valence-electron chi connectivity index (χ3n) is 2.81. The summed E-state index contributed by atoms with van der Waals surface area (Å²) in [5.74, 6) is -0.132. The molecule has 7 heteroatoms. The molecule has 0 spiro atoms. The molecule has 6 nitrogen and oxygen atoms in total. The summed E-state index contributed by atoms with van der Waals surface area (Å²) in [5.41, 5.74) is 0.576. The van der Waals surface area contributed by atoms with Gasteiger partial charge in [0.2, 0.25) is 0 Å². The smallest absolute Gasteiger partial charge is 0.265 e. The van der Waals surface area contributed by atoms with E-state index in [0.29, 0.717) is 29.4 Å². The average molecular weight is 295 g/mol. The van der Waals surface area contributed by atoms with Crippen molar-refractivity contribution in [3.8, 4) is 0 Å². The molecule has 0 aliphatic carbocycles. The predicted octanol–water partition coefficient (Wildman–Crippen LogP) is 1.09. The minimum absolute atomic E-state index is 0. The standard InChI is InChI=1S/C12H23NO4S.H2O/c1-11(2)12(14)7-5-8-13(3,4)9-6-10-18(15,16)17;/h1,5-10H2,2-4H3;1H2. The molecule has 0 bridgehead atoms. The molecule has 19 heavy (non-hydrogen) atoms. The molecule has 0 atom stereocenters. The lowest BCUT2D eigenvalue weighted by Crippen LogP contribution is -2.42. The third-order valence-corrected chi connectivity index (χ3v) is 3.61. The van der Waals surface area contributed by atoms with Crippen molar-refractivity contribution in [2.24, 2.45) is 0 Å². The topological polar surface area (TPSA) is 101 Å². The molecule has 0 saturated carbocycles. The van der Waals surface area contributed by atoms with E-state index in [2.05, 4.69) is 6.58 Å². The van der Waals surface area contributed by atoms with Crippen molar-refractivity contribution in [2.45, 2.75) is 26.2 Å². The molecule has 0 aromatic heterocycles. The second-order valence-electron chi connectivity index (χ2n) is 5.33. The molecular weight excluding hydrogens is 270 g/mol. The second-order valence-corrected chi connectivity index (χ2v) is 6.90. The summed E-state index contributed by atoms with van der Waals surface area (Å²) in [7, 11) is 0.0953. The van der Waals surface area contributed by atoms with Crippen LogP contribution in [-0.4, -0.2) is 61.7 Å². The lowest BCUT2D eigenvalue weighted by Gasteiger charge is -2.29. The fourth-order valence-corrected chi connectivity index (χ4v) is 2.16. The quantitative estimate of drug-likeness (QED) is 0.390. The molecule has 0 aromatic carbocycles. The van der Waals surface area contributed by atoms with Gasteiger partial charge in [-0.1, -0.05) is 6.58 Å². The Kier molecular flexibility index (Phi) is 9.11. The fraction of sp³-hybridized carbons (Fsp3) is 0.750. The van der Waals surface area contributed by atoms with Gasteiger partial charge in [-0.3, -0.25) is 9.35 Å². The minimum atomic E-state index is -3.87. The Balaban J connectivity index is 0. The number of carbonyl (C=O) groups excluding carboxylic acids is 1. The van der Waals surface area contributed by atoms with Crippen LogP contribution in [0.15, 0.2) is 12.2 Å². The number of hydrogen-bond donors (Lipinski definition) is 1. The Bertz CT molecular complexity index is 400. The zero-order valence-electron chi connectivity index (χ0n) is 11.9. The van der Waals surface area contributed by atoms with E-state index in [4.69, 9.17) is 4.55 Å². The first-order chi connectivity index (χ1) is 8.03. The highest BCUT2D eigenvalue weighted by Gasteiger charge is 2.17. The summed E-state index contributed by atoms with van der Waals surface area (Å²) in [6, 6.07) is 0. The van der Waals surface area contributed by atoms with Crippen LogP contribution in [0.25, 0.3) is 0 Å². The molecule has 0 unspecified atom stereocenters. The Labute approximate surface area is 115 Å². The fourth-order valence-electron chi connectivity index (χ4n) is 1.67. The Morgan fingerprint density at radius 3 is 2.11 bits per heavy atom. The second kappa shape index (κ2) is 8.42. The van der Waals surface area contributed by atoms with Crippen LogP contribution in [0.2, 0.25) is 0 Å². The summed E-state index contributed by atoms with van der Waals surface area (Å²) in [6.45, 7) is 6.75. The van der Waals surface area contributed by atoms with Crippen LogP contribution in [0.3, 0.4) is 0 Å². The maximum atomic E-state index is 11.4. The number of allylic oxidation sites excluding steroid dienone is 1. The van der Waals surface area contributed by atoms with E-state index in [-0.39, 0.29) is 17.0 Å². The van der Waals surface area contributed by atoms with E-state index in [1.807, 2.05) is 14.1 Å². The number of carbonyl (C=O) groups is 1. The monoisotopic (exact) mass is 295 g/mol. The normalized spacial score (nSPS) is 11.8. The van der Waals surface area contributed by atoms with E-state index in [1.54, 1.807) is 6.92 Å². The summed E-state index contributed by atoms with van der Waals surface area (Å²) in [6.07, 6.45) is 1.65. The van der Waals surface area contributed by atoms with Gasteiger partial charge in [0, 0.05) is 19.3 Å². The summed E-state index contributed by atoms with van der Waals surface area (Å²) >= 11 is 0. The molecule has 0 aromatic rings. The molecular formula is C12H25NO5S. The van der Waals surface area contributed by atoms with Gasteiger partial charge >= 0.3 is 0 Å². The molecule has 0 radical (unpaired) electrons. The molecule has 0 aliphatic heterocycles. The molecule has 0 fully saturated rings.